The van der Waals surface area contributed by atoms with Crippen LogP contribution < -0.4 is 4.74 Å². The smallest absolute Gasteiger partial charge is 0.127 e. The Bertz CT molecular complexity index is 629. The van der Waals surface area contributed by atoms with Crippen molar-refractivity contribution in [2.45, 2.75) is 18.8 Å². The van der Waals surface area contributed by atoms with E-state index < -0.39 is 0 Å². The number of para-hydroxylation sites is 1. The van der Waals surface area contributed by atoms with E-state index in [4.69, 9.17) is 10.00 Å². The molecule has 0 radical (unpaired) electrons. The van der Waals surface area contributed by atoms with E-state index in [2.05, 4.69) is 19.1 Å². The molecule has 1 aliphatic rings. The van der Waals surface area contributed by atoms with Crippen molar-refractivity contribution in [3.8, 4) is 17.6 Å². The first-order valence-electron chi connectivity index (χ1n) is 6.45. The molecule has 0 amide bonds. The average Bonchev–Trinajstić information content (AvgIpc) is 3.13. The number of hydrogen-bond acceptors (Lipinski definition) is 2. The van der Waals surface area contributed by atoms with Crippen LogP contribution in [0.4, 0.5) is 0 Å². The zero-order valence-electron chi connectivity index (χ0n) is 10.8. The lowest BCUT2D eigenvalue weighted by Crippen LogP contribution is -2.03. The predicted molar refractivity (Wildman–Crippen MR) is 74.0 cm³/mol. The van der Waals surface area contributed by atoms with Crippen LogP contribution in [0.5, 0.6) is 11.5 Å². The van der Waals surface area contributed by atoms with Gasteiger partial charge in [-0.25, -0.2) is 0 Å². The molecule has 0 heterocycles. The third kappa shape index (κ3) is 2.20. The third-order valence-electron chi connectivity index (χ3n) is 3.87. The zero-order valence-corrected chi connectivity index (χ0v) is 10.8. The maximum Gasteiger partial charge on any atom is 0.127 e. The van der Waals surface area contributed by atoms with Crippen LogP contribution in [0.25, 0.3) is 0 Å². The highest BCUT2D eigenvalue weighted by atomic mass is 16.5. The monoisotopic (exact) mass is 249 g/mol. The molecule has 3 rings (SSSR count). The lowest BCUT2D eigenvalue weighted by atomic mass is 9.96. The normalized spacial score (nSPS) is 24.5. The summed E-state index contributed by atoms with van der Waals surface area (Å²) in [5.74, 6) is 1.80. The SMILES string of the molecule is CC1(c2cccc(Oc3ccccc3)c2)CC1C#N. The van der Waals surface area contributed by atoms with Gasteiger partial charge in [0.25, 0.3) is 0 Å². The summed E-state index contributed by atoms with van der Waals surface area (Å²) in [5, 5.41) is 9.03. The second-order valence-corrected chi connectivity index (χ2v) is 5.25. The fourth-order valence-corrected chi connectivity index (χ4v) is 2.41. The van der Waals surface area contributed by atoms with Gasteiger partial charge in [-0.1, -0.05) is 37.3 Å². The van der Waals surface area contributed by atoms with E-state index in [-0.39, 0.29) is 11.3 Å². The van der Waals surface area contributed by atoms with Crippen LogP contribution in [0.2, 0.25) is 0 Å². The highest BCUT2D eigenvalue weighted by Gasteiger charge is 2.51. The fourth-order valence-electron chi connectivity index (χ4n) is 2.41. The lowest BCUT2D eigenvalue weighted by Gasteiger charge is -2.12. The molecule has 0 saturated heterocycles. The molecule has 2 unspecified atom stereocenters. The van der Waals surface area contributed by atoms with Crippen molar-refractivity contribution in [2.75, 3.05) is 0 Å². The quantitative estimate of drug-likeness (QED) is 0.813. The van der Waals surface area contributed by atoms with Crippen molar-refractivity contribution in [1.29, 1.82) is 5.26 Å². The van der Waals surface area contributed by atoms with Gasteiger partial charge in [0.2, 0.25) is 0 Å². The molecule has 94 valence electrons. The van der Waals surface area contributed by atoms with Gasteiger partial charge in [0, 0.05) is 5.41 Å². The summed E-state index contributed by atoms with van der Waals surface area (Å²) >= 11 is 0. The lowest BCUT2D eigenvalue weighted by molar-refractivity contribution is 0.481. The van der Waals surface area contributed by atoms with Crippen molar-refractivity contribution < 1.29 is 4.74 Å². The number of hydrogen-bond donors (Lipinski definition) is 0. The first kappa shape index (κ1) is 11.8. The first-order chi connectivity index (χ1) is 9.22. The van der Waals surface area contributed by atoms with Gasteiger partial charge in [-0.2, -0.15) is 5.26 Å². The minimum atomic E-state index is 0.00477. The van der Waals surface area contributed by atoms with Crippen LogP contribution in [-0.4, -0.2) is 0 Å². The van der Waals surface area contributed by atoms with Crippen LogP contribution in [-0.2, 0) is 5.41 Å². The number of nitriles is 1. The van der Waals surface area contributed by atoms with Crippen LogP contribution >= 0.6 is 0 Å². The van der Waals surface area contributed by atoms with Crippen molar-refractivity contribution in [3.05, 3.63) is 60.2 Å². The van der Waals surface area contributed by atoms with E-state index in [1.165, 1.54) is 5.56 Å². The molecule has 1 fully saturated rings. The first-order valence-corrected chi connectivity index (χ1v) is 6.45. The molecule has 1 saturated carbocycles. The van der Waals surface area contributed by atoms with Crippen molar-refractivity contribution in [1.82, 2.24) is 0 Å². The van der Waals surface area contributed by atoms with Gasteiger partial charge in [-0.3, -0.25) is 0 Å². The summed E-state index contributed by atoms with van der Waals surface area (Å²) in [6.07, 6.45) is 0.943. The number of nitrogens with zero attached hydrogens (tertiary/aromatic N) is 1. The summed E-state index contributed by atoms with van der Waals surface area (Å²) in [5.41, 5.74) is 1.19. The molecule has 2 aromatic rings. The van der Waals surface area contributed by atoms with E-state index >= 15 is 0 Å². The van der Waals surface area contributed by atoms with Crippen molar-refractivity contribution in [3.63, 3.8) is 0 Å². The minimum absolute atomic E-state index is 0.00477. The molecular weight excluding hydrogens is 234 g/mol. The summed E-state index contributed by atoms with van der Waals surface area (Å²) < 4.78 is 5.83. The highest BCUT2D eigenvalue weighted by Crippen LogP contribution is 2.53. The fraction of sp³-hybridized carbons (Fsp3) is 0.235. The Hall–Kier alpha value is -2.27. The van der Waals surface area contributed by atoms with Gasteiger partial charge >= 0.3 is 0 Å². The molecule has 2 aromatic carbocycles. The van der Waals surface area contributed by atoms with Crippen LogP contribution in [0.3, 0.4) is 0 Å². The third-order valence-corrected chi connectivity index (χ3v) is 3.87. The van der Waals surface area contributed by atoms with Gasteiger partial charge < -0.3 is 4.74 Å². The Balaban J connectivity index is 1.84. The predicted octanol–water partition coefficient (Wildman–Crippen LogP) is 4.28. The summed E-state index contributed by atoms with van der Waals surface area (Å²) in [6, 6.07) is 20.2. The standard InChI is InChI=1S/C17H15NO/c1-17(11-14(17)12-18)13-6-5-9-16(10-13)19-15-7-3-2-4-8-15/h2-10,14H,11H2,1H3. The molecule has 1 aliphatic carbocycles. The zero-order chi connectivity index (χ0) is 13.3. The molecule has 0 aromatic heterocycles. The second-order valence-electron chi connectivity index (χ2n) is 5.25. The Morgan fingerprint density at radius 1 is 1.11 bits per heavy atom. The van der Waals surface area contributed by atoms with E-state index in [1.54, 1.807) is 0 Å². The van der Waals surface area contributed by atoms with Gasteiger partial charge in [0.05, 0.1) is 12.0 Å². The Kier molecular flexibility index (Phi) is 2.76. The summed E-state index contributed by atoms with van der Waals surface area (Å²) in [6.45, 7) is 2.14. The van der Waals surface area contributed by atoms with Gasteiger partial charge in [0.15, 0.2) is 0 Å². The van der Waals surface area contributed by atoms with Crippen molar-refractivity contribution in [2.24, 2.45) is 5.92 Å². The molecule has 19 heavy (non-hydrogen) atoms. The molecule has 2 nitrogen and oxygen atoms in total. The number of ether oxygens (including phenoxy) is 1. The van der Waals surface area contributed by atoms with Gasteiger partial charge in [-0.05, 0) is 36.2 Å². The van der Waals surface area contributed by atoms with Crippen LogP contribution in [0.1, 0.15) is 18.9 Å². The maximum absolute atomic E-state index is 9.03. The van der Waals surface area contributed by atoms with E-state index in [1.807, 2.05) is 48.5 Å². The molecule has 0 aliphatic heterocycles. The maximum atomic E-state index is 9.03. The Labute approximate surface area is 113 Å². The average molecular weight is 249 g/mol. The molecule has 0 bridgehead atoms. The van der Waals surface area contributed by atoms with E-state index in [0.717, 1.165) is 17.9 Å². The Morgan fingerprint density at radius 3 is 2.53 bits per heavy atom. The van der Waals surface area contributed by atoms with E-state index in [0.29, 0.717) is 0 Å². The number of rotatable bonds is 3. The molecule has 2 atom stereocenters. The number of benzene rings is 2. The second kappa shape index (κ2) is 4.44. The largest absolute Gasteiger partial charge is 0.457 e. The molecule has 0 spiro atoms. The van der Waals surface area contributed by atoms with E-state index in [9.17, 15) is 0 Å². The van der Waals surface area contributed by atoms with Gasteiger partial charge in [0.1, 0.15) is 11.5 Å². The minimum Gasteiger partial charge on any atom is -0.457 e. The summed E-state index contributed by atoms with van der Waals surface area (Å²) in [7, 11) is 0. The highest BCUT2D eigenvalue weighted by molar-refractivity contribution is 5.42. The molecular formula is C17H15NO. The van der Waals surface area contributed by atoms with Crippen LogP contribution in [0.15, 0.2) is 54.6 Å². The topological polar surface area (TPSA) is 33.0 Å². The summed E-state index contributed by atoms with van der Waals surface area (Å²) in [4.78, 5) is 0. The Morgan fingerprint density at radius 2 is 1.84 bits per heavy atom. The molecule has 0 N–H and O–H groups in total. The van der Waals surface area contributed by atoms with Crippen molar-refractivity contribution >= 4 is 0 Å². The van der Waals surface area contributed by atoms with Gasteiger partial charge in [-0.15, -0.1) is 0 Å². The molecule has 2 heteroatoms. The van der Waals surface area contributed by atoms with Crippen LogP contribution in [0, 0.1) is 17.2 Å².